The molecule has 0 saturated carbocycles. The monoisotopic (exact) mass is 473 g/mol. The van der Waals surface area contributed by atoms with Gasteiger partial charge in [0.15, 0.2) is 11.5 Å². The van der Waals surface area contributed by atoms with Crippen molar-refractivity contribution >= 4 is 27.5 Å². The van der Waals surface area contributed by atoms with Gasteiger partial charge in [-0.15, -0.1) is 0 Å². The number of aryl methyl sites for hydroxylation is 1. The minimum absolute atomic E-state index is 0.00328. The van der Waals surface area contributed by atoms with E-state index in [1.165, 1.54) is 12.1 Å². The van der Waals surface area contributed by atoms with Gasteiger partial charge in [-0.1, -0.05) is 6.07 Å². The number of amides is 2. The Morgan fingerprint density at radius 3 is 2.70 bits per heavy atom. The molecule has 12 heteroatoms. The molecule has 174 valence electrons. The molecule has 0 unspecified atom stereocenters. The van der Waals surface area contributed by atoms with Crippen LogP contribution in [0.2, 0.25) is 0 Å². The molecule has 33 heavy (non-hydrogen) atoms. The van der Waals surface area contributed by atoms with Crippen LogP contribution in [0.4, 0.5) is 0 Å². The Morgan fingerprint density at radius 2 is 1.88 bits per heavy atom. The molecule has 0 saturated heterocycles. The van der Waals surface area contributed by atoms with Gasteiger partial charge >= 0.3 is 0 Å². The number of pyridine rings is 1. The van der Waals surface area contributed by atoms with Gasteiger partial charge in [0.25, 0.3) is 5.91 Å². The quantitative estimate of drug-likeness (QED) is 0.453. The van der Waals surface area contributed by atoms with Crippen molar-refractivity contribution in [2.24, 2.45) is 0 Å². The lowest BCUT2D eigenvalue weighted by molar-refractivity contribution is -0.121. The van der Waals surface area contributed by atoms with Crippen LogP contribution in [0.5, 0.6) is 11.5 Å². The van der Waals surface area contributed by atoms with E-state index in [4.69, 9.17) is 9.47 Å². The van der Waals surface area contributed by atoms with Crippen molar-refractivity contribution in [3.63, 3.8) is 0 Å². The minimum atomic E-state index is -3.86. The number of nitrogens with one attached hydrogen (secondary N) is 3. The van der Waals surface area contributed by atoms with Crippen LogP contribution in [0.15, 0.2) is 47.5 Å². The number of aromatic nitrogens is 2. The summed E-state index contributed by atoms with van der Waals surface area (Å²) < 4.78 is 40.1. The number of benzene rings is 1. The van der Waals surface area contributed by atoms with Gasteiger partial charge in [0.2, 0.25) is 15.9 Å². The van der Waals surface area contributed by atoms with Crippen LogP contribution >= 0.6 is 0 Å². The fourth-order valence-electron chi connectivity index (χ4n) is 3.33. The fourth-order valence-corrected chi connectivity index (χ4v) is 4.38. The third-order valence-corrected chi connectivity index (χ3v) is 6.37. The highest BCUT2D eigenvalue weighted by molar-refractivity contribution is 7.89. The predicted octanol–water partition coefficient (Wildman–Crippen LogP) is 0.934. The molecule has 0 spiro atoms. The van der Waals surface area contributed by atoms with E-state index in [1.54, 1.807) is 41.8 Å². The molecule has 0 bridgehead atoms. The van der Waals surface area contributed by atoms with E-state index in [9.17, 15) is 18.0 Å². The Labute approximate surface area is 190 Å². The summed E-state index contributed by atoms with van der Waals surface area (Å²) in [6, 6.07) is 9.67. The number of rotatable bonds is 6. The number of hydrogen-bond acceptors (Lipinski definition) is 7. The van der Waals surface area contributed by atoms with Gasteiger partial charge in [0.05, 0.1) is 23.8 Å². The first-order valence-electron chi connectivity index (χ1n) is 10.3. The van der Waals surface area contributed by atoms with E-state index in [2.05, 4.69) is 20.6 Å². The SMILES string of the molecule is Cc1nc2ccccn2c1C(=O)NNC(=O)CCNS(=O)(=O)c1ccc2c(c1)OCCCO2. The molecule has 3 heterocycles. The molecule has 0 atom stereocenters. The van der Waals surface area contributed by atoms with Crippen molar-refractivity contribution in [3.05, 3.63) is 54.0 Å². The normalized spacial score (nSPS) is 13.4. The van der Waals surface area contributed by atoms with E-state index in [0.717, 1.165) is 0 Å². The van der Waals surface area contributed by atoms with E-state index in [0.29, 0.717) is 48.2 Å². The minimum Gasteiger partial charge on any atom is -0.490 e. The molecule has 0 aliphatic carbocycles. The first-order valence-corrected chi connectivity index (χ1v) is 11.8. The summed E-state index contributed by atoms with van der Waals surface area (Å²) in [5.74, 6) is -0.246. The van der Waals surface area contributed by atoms with Gasteiger partial charge in [-0.25, -0.2) is 18.1 Å². The molecule has 1 aromatic carbocycles. The second kappa shape index (κ2) is 9.46. The van der Waals surface area contributed by atoms with Gasteiger partial charge in [-0.3, -0.25) is 24.8 Å². The molecule has 2 amide bonds. The Hall–Kier alpha value is -3.64. The Bertz CT molecular complexity index is 1300. The fraction of sp³-hybridized carbons (Fsp3) is 0.286. The zero-order chi connectivity index (χ0) is 23.4. The number of nitrogens with zero attached hydrogens (tertiary/aromatic N) is 2. The third kappa shape index (κ3) is 5.07. The molecule has 1 aliphatic rings. The predicted molar refractivity (Wildman–Crippen MR) is 117 cm³/mol. The van der Waals surface area contributed by atoms with Crippen molar-refractivity contribution in [2.75, 3.05) is 19.8 Å². The molecule has 3 aromatic rings. The highest BCUT2D eigenvalue weighted by Gasteiger charge is 2.20. The van der Waals surface area contributed by atoms with Gasteiger partial charge in [0.1, 0.15) is 11.3 Å². The van der Waals surface area contributed by atoms with E-state index < -0.39 is 21.8 Å². The zero-order valence-electron chi connectivity index (χ0n) is 17.8. The van der Waals surface area contributed by atoms with Crippen LogP contribution in [0.1, 0.15) is 29.0 Å². The van der Waals surface area contributed by atoms with Crippen LogP contribution < -0.4 is 25.0 Å². The summed E-state index contributed by atoms with van der Waals surface area (Å²) in [4.78, 5) is 28.9. The van der Waals surface area contributed by atoms with Crippen LogP contribution in [0.3, 0.4) is 0 Å². The van der Waals surface area contributed by atoms with E-state index in [1.807, 2.05) is 0 Å². The summed E-state index contributed by atoms with van der Waals surface area (Å²) in [5, 5.41) is 0. The number of fused-ring (bicyclic) bond motifs is 2. The maximum Gasteiger partial charge on any atom is 0.288 e. The first-order chi connectivity index (χ1) is 15.8. The summed E-state index contributed by atoms with van der Waals surface area (Å²) in [6.07, 6.45) is 2.22. The summed E-state index contributed by atoms with van der Waals surface area (Å²) in [7, 11) is -3.86. The topological polar surface area (TPSA) is 140 Å². The highest BCUT2D eigenvalue weighted by Crippen LogP contribution is 2.31. The average molecular weight is 474 g/mol. The molecular formula is C21H23N5O6S. The van der Waals surface area contributed by atoms with Crippen LogP contribution in [0.25, 0.3) is 5.65 Å². The maximum atomic E-state index is 12.6. The van der Waals surface area contributed by atoms with Crippen molar-refractivity contribution in [1.82, 2.24) is 25.0 Å². The lowest BCUT2D eigenvalue weighted by atomic mass is 10.3. The molecule has 0 radical (unpaired) electrons. The highest BCUT2D eigenvalue weighted by atomic mass is 32.2. The standard InChI is InChI=1S/C21H23N5O6S/c1-14-20(26-10-3-2-5-18(26)23-14)21(28)25-24-19(27)8-9-22-33(29,30)15-6-7-16-17(13-15)32-12-4-11-31-16/h2-3,5-7,10,13,22H,4,8-9,11-12H2,1H3,(H,24,27)(H,25,28). The van der Waals surface area contributed by atoms with Crippen LogP contribution in [-0.2, 0) is 14.8 Å². The maximum absolute atomic E-state index is 12.6. The smallest absolute Gasteiger partial charge is 0.288 e. The van der Waals surface area contributed by atoms with Crippen LogP contribution in [-0.4, -0.2) is 49.4 Å². The molecule has 0 fully saturated rings. The van der Waals surface area contributed by atoms with Gasteiger partial charge in [-0.2, -0.15) is 0 Å². The van der Waals surface area contributed by atoms with E-state index >= 15 is 0 Å². The molecule has 11 nitrogen and oxygen atoms in total. The number of imidazole rings is 1. The Kier molecular flexibility index (Phi) is 6.47. The van der Waals surface area contributed by atoms with Crippen LogP contribution in [0, 0.1) is 6.92 Å². The van der Waals surface area contributed by atoms with Gasteiger partial charge < -0.3 is 9.47 Å². The van der Waals surface area contributed by atoms with Gasteiger partial charge in [0, 0.05) is 31.6 Å². The largest absolute Gasteiger partial charge is 0.490 e. The number of carbonyl (C=O) groups is 2. The summed E-state index contributed by atoms with van der Waals surface area (Å²) in [5.41, 5.74) is 6.03. The number of carbonyl (C=O) groups excluding carboxylic acids is 2. The number of sulfonamides is 1. The Balaban J connectivity index is 1.30. The molecule has 1 aliphatic heterocycles. The summed E-state index contributed by atoms with van der Waals surface area (Å²) >= 11 is 0. The number of hydrogen-bond donors (Lipinski definition) is 3. The lowest BCUT2D eigenvalue weighted by Gasteiger charge is -2.11. The van der Waals surface area contributed by atoms with E-state index in [-0.39, 0.29) is 17.9 Å². The number of ether oxygens (including phenoxy) is 2. The van der Waals surface area contributed by atoms with Gasteiger partial charge in [-0.05, 0) is 31.2 Å². The molecule has 2 aromatic heterocycles. The van der Waals surface area contributed by atoms with Crippen molar-refractivity contribution < 1.29 is 27.5 Å². The lowest BCUT2D eigenvalue weighted by Crippen LogP contribution is -2.43. The molecule has 4 rings (SSSR count). The first kappa shape index (κ1) is 22.6. The number of hydrazine groups is 1. The third-order valence-electron chi connectivity index (χ3n) is 4.91. The van der Waals surface area contributed by atoms with Crippen molar-refractivity contribution in [2.45, 2.75) is 24.7 Å². The van der Waals surface area contributed by atoms with Crippen molar-refractivity contribution in [1.29, 1.82) is 0 Å². The second-order valence-corrected chi connectivity index (χ2v) is 9.05. The summed E-state index contributed by atoms with van der Waals surface area (Å²) in [6.45, 7) is 2.47. The second-order valence-electron chi connectivity index (χ2n) is 7.28. The Morgan fingerprint density at radius 1 is 1.09 bits per heavy atom. The molecular weight excluding hydrogens is 450 g/mol. The average Bonchev–Trinajstić information content (AvgIpc) is 2.96. The van der Waals surface area contributed by atoms with Crippen molar-refractivity contribution in [3.8, 4) is 11.5 Å². The zero-order valence-corrected chi connectivity index (χ0v) is 18.6. The molecule has 3 N–H and O–H groups in total.